The van der Waals surface area contributed by atoms with Gasteiger partial charge in [0.25, 0.3) is 5.91 Å². The third-order valence-corrected chi connectivity index (χ3v) is 4.95. The second-order valence-electron chi connectivity index (χ2n) is 6.00. The van der Waals surface area contributed by atoms with Crippen LogP contribution in [0.1, 0.15) is 23.0 Å². The fraction of sp³-hybridized carbons (Fsp3) is 0.238. The number of aromatic nitrogens is 1. The molecule has 0 aliphatic carbocycles. The van der Waals surface area contributed by atoms with Crippen molar-refractivity contribution in [2.24, 2.45) is 0 Å². The van der Waals surface area contributed by atoms with E-state index in [1.807, 2.05) is 55.5 Å². The third-order valence-electron chi connectivity index (χ3n) is 4.06. The maximum Gasteiger partial charge on any atom is 0.273 e. The number of methoxy groups -OCH3 is 1. The summed E-state index contributed by atoms with van der Waals surface area (Å²) in [5.41, 5.74) is 2.47. The molecule has 0 fully saturated rings. The van der Waals surface area contributed by atoms with Gasteiger partial charge < -0.3 is 14.4 Å². The van der Waals surface area contributed by atoms with Gasteiger partial charge in [0, 0.05) is 24.5 Å². The number of rotatable bonds is 7. The molecule has 0 saturated carbocycles. The van der Waals surface area contributed by atoms with Crippen LogP contribution in [0.2, 0.25) is 0 Å². The van der Waals surface area contributed by atoms with E-state index in [9.17, 15) is 4.79 Å². The first-order chi connectivity index (χ1) is 13.1. The molecule has 0 unspecified atom stereocenters. The van der Waals surface area contributed by atoms with Crippen LogP contribution in [-0.4, -0.2) is 36.6 Å². The van der Waals surface area contributed by atoms with Crippen LogP contribution in [0.25, 0.3) is 10.6 Å². The maximum atomic E-state index is 12.7. The number of thiazole rings is 1. The lowest BCUT2D eigenvalue weighted by Gasteiger charge is -2.16. The minimum atomic E-state index is -0.0973. The van der Waals surface area contributed by atoms with Gasteiger partial charge in [0.1, 0.15) is 22.2 Å². The van der Waals surface area contributed by atoms with Gasteiger partial charge >= 0.3 is 0 Å². The van der Waals surface area contributed by atoms with Crippen molar-refractivity contribution >= 4 is 17.2 Å². The van der Waals surface area contributed by atoms with Crippen LogP contribution in [0.4, 0.5) is 0 Å². The zero-order valence-corrected chi connectivity index (χ0v) is 16.5. The van der Waals surface area contributed by atoms with E-state index in [-0.39, 0.29) is 5.91 Å². The minimum Gasteiger partial charge on any atom is -0.497 e. The molecular weight excluding hydrogens is 360 g/mol. The van der Waals surface area contributed by atoms with Crippen LogP contribution in [0.3, 0.4) is 0 Å². The standard InChI is InChI=1S/C21H22N2O3S/c1-4-26-18-9-5-15(6-10-18)13-23(2)21(24)19-14-27-20(22-19)16-7-11-17(25-3)12-8-16/h5-12,14H,4,13H2,1-3H3. The SMILES string of the molecule is CCOc1ccc(CN(C)C(=O)c2csc(-c3ccc(OC)cc3)n2)cc1. The van der Waals surface area contributed by atoms with Gasteiger partial charge in [-0.1, -0.05) is 12.1 Å². The summed E-state index contributed by atoms with van der Waals surface area (Å²) in [4.78, 5) is 18.9. The first-order valence-electron chi connectivity index (χ1n) is 8.68. The van der Waals surface area contributed by atoms with Crippen molar-refractivity contribution in [3.05, 3.63) is 65.2 Å². The van der Waals surface area contributed by atoms with Gasteiger partial charge in [0.05, 0.1) is 13.7 Å². The largest absolute Gasteiger partial charge is 0.497 e. The van der Waals surface area contributed by atoms with Gasteiger partial charge in [0.15, 0.2) is 0 Å². The van der Waals surface area contributed by atoms with Gasteiger partial charge in [-0.3, -0.25) is 4.79 Å². The number of ether oxygens (including phenoxy) is 2. The van der Waals surface area contributed by atoms with E-state index in [0.717, 1.165) is 27.6 Å². The second-order valence-corrected chi connectivity index (χ2v) is 6.86. The summed E-state index contributed by atoms with van der Waals surface area (Å²) in [5.74, 6) is 1.53. The van der Waals surface area contributed by atoms with Crippen LogP contribution >= 0.6 is 11.3 Å². The summed E-state index contributed by atoms with van der Waals surface area (Å²) in [5, 5.41) is 2.62. The Morgan fingerprint density at radius 1 is 1.07 bits per heavy atom. The Hall–Kier alpha value is -2.86. The lowest BCUT2D eigenvalue weighted by molar-refractivity contribution is 0.0780. The van der Waals surface area contributed by atoms with Crippen molar-refractivity contribution in [3.63, 3.8) is 0 Å². The Morgan fingerprint density at radius 3 is 2.37 bits per heavy atom. The number of hydrogen-bond donors (Lipinski definition) is 0. The maximum absolute atomic E-state index is 12.7. The van der Waals surface area contributed by atoms with E-state index in [1.54, 1.807) is 24.4 Å². The highest BCUT2D eigenvalue weighted by Gasteiger charge is 2.16. The summed E-state index contributed by atoms with van der Waals surface area (Å²) in [7, 11) is 3.42. The summed E-state index contributed by atoms with van der Waals surface area (Å²) in [6.07, 6.45) is 0. The molecule has 3 aromatic rings. The van der Waals surface area contributed by atoms with E-state index in [2.05, 4.69) is 4.98 Å². The van der Waals surface area contributed by atoms with Crippen LogP contribution < -0.4 is 9.47 Å². The first kappa shape index (κ1) is 18.9. The van der Waals surface area contributed by atoms with Crippen molar-refractivity contribution in [2.75, 3.05) is 20.8 Å². The lowest BCUT2D eigenvalue weighted by atomic mass is 10.2. The molecule has 0 radical (unpaired) electrons. The highest BCUT2D eigenvalue weighted by Crippen LogP contribution is 2.26. The lowest BCUT2D eigenvalue weighted by Crippen LogP contribution is -2.26. The summed E-state index contributed by atoms with van der Waals surface area (Å²) in [6.45, 7) is 3.10. The molecular formula is C21H22N2O3S. The zero-order valence-electron chi connectivity index (χ0n) is 15.6. The Labute approximate surface area is 163 Å². The predicted molar refractivity (Wildman–Crippen MR) is 108 cm³/mol. The predicted octanol–water partition coefficient (Wildman–Crippen LogP) is 4.49. The van der Waals surface area contributed by atoms with E-state index >= 15 is 0 Å². The molecule has 0 bridgehead atoms. The summed E-state index contributed by atoms with van der Waals surface area (Å²) < 4.78 is 10.6. The summed E-state index contributed by atoms with van der Waals surface area (Å²) >= 11 is 1.46. The number of carbonyl (C=O) groups excluding carboxylic acids is 1. The van der Waals surface area contributed by atoms with E-state index in [4.69, 9.17) is 9.47 Å². The highest BCUT2D eigenvalue weighted by molar-refractivity contribution is 7.13. The van der Waals surface area contributed by atoms with Crippen molar-refractivity contribution < 1.29 is 14.3 Å². The number of amides is 1. The Bertz CT molecular complexity index is 889. The molecule has 0 saturated heterocycles. The Kier molecular flexibility index (Phi) is 6.08. The molecule has 0 N–H and O–H groups in total. The van der Waals surface area contributed by atoms with Gasteiger partial charge in [-0.05, 0) is 48.9 Å². The van der Waals surface area contributed by atoms with Crippen LogP contribution in [-0.2, 0) is 6.54 Å². The normalized spacial score (nSPS) is 10.5. The smallest absolute Gasteiger partial charge is 0.273 e. The topological polar surface area (TPSA) is 51.7 Å². The van der Waals surface area contributed by atoms with Gasteiger partial charge in [-0.2, -0.15) is 0 Å². The molecule has 0 spiro atoms. The number of benzene rings is 2. The second kappa shape index (κ2) is 8.68. The molecule has 2 aromatic carbocycles. The molecule has 1 amide bonds. The summed E-state index contributed by atoms with van der Waals surface area (Å²) in [6, 6.07) is 15.4. The fourth-order valence-electron chi connectivity index (χ4n) is 2.64. The molecule has 1 heterocycles. The van der Waals surface area contributed by atoms with E-state index in [1.165, 1.54) is 11.3 Å². The number of nitrogens with zero attached hydrogens (tertiary/aromatic N) is 2. The highest BCUT2D eigenvalue weighted by atomic mass is 32.1. The molecule has 1 aromatic heterocycles. The minimum absolute atomic E-state index is 0.0973. The van der Waals surface area contributed by atoms with Gasteiger partial charge in [-0.15, -0.1) is 11.3 Å². The zero-order chi connectivity index (χ0) is 19.2. The molecule has 0 aliphatic heterocycles. The molecule has 27 heavy (non-hydrogen) atoms. The molecule has 0 atom stereocenters. The van der Waals surface area contributed by atoms with Crippen LogP contribution in [0, 0.1) is 0 Å². The van der Waals surface area contributed by atoms with Crippen molar-refractivity contribution in [2.45, 2.75) is 13.5 Å². The average Bonchev–Trinajstić information content (AvgIpc) is 3.19. The third kappa shape index (κ3) is 4.65. The average molecular weight is 382 g/mol. The van der Waals surface area contributed by atoms with Gasteiger partial charge in [0.2, 0.25) is 0 Å². The molecule has 5 nitrogen and oxygen atoms in total. The molecule has 6 heteroatoms. The fourth-order valence-corrected chi connectivity index (χ4v) is 3.44. The number of carbonyl (C=O) groups is 1. The van der Waals surface area contributed by atoms with Crippen molar-refractivity contribution in [1.29, 1.82) is 0 Å². The number of hydrogen-bond acceptors (Lipinski definition) is 5. The quantitative estimate of drug-likeness (QED) is 0.604. The Balaban J connectivity index is 1.67. The van der Waals surface area contributed by atoms with E-state index in [0.29, 0.717) is 18.8 Å². The van der Waals surface area contributed by atoms with Crippen molar-refractivity contribution in [3.8, 4) is 22.1 Å². The Morgan fingerprint density at radius 2 is 1.74 bits per heavy atom. The molecule has 140 valence electrons. The monoisotopic (exact) mass is 382 g/mol. The molecule has 3 rings (SSSR count). The van der Waals surface area contributed by atoms with Crippen LogP contribution in [0.5, 0.6) is 11.5 Å². The molecule has 0 aliphatic rings. The van der Waals surface area contributed by atoms with E-state index < -0.39 is 0 Å². The first-order valence-corrected chi connectivity index (χ1v) is 9.56. The van der Waals surface area contributed by atoms with Crippen molar-refractivity contribution in [1.82, 2.24) is 9.88 Å². The van der Waals surface area contributed by atoms with Crippen LogP contribution in [0.15, 0.2) is 53.9 Å². The van der Waals surface area contributed by atoms with Gasteiger partial charge in [-0.25, -0.2) is 4.98 Å².